The molecule has 3 aromatic carbocycles. The lowest BCUT2D eigenvalue weighted by Gasteiger charge is -2.32. The molecule has 1 atom stereocenters. The number of nitrogens with zero attached hydrogens (tertiary/aromatic N) is 4. The Morgan fingerprint density at radius 2 is 1.83 bits per heavy atom. The van der Waals surface area contributed by atoms with Crippen LogP contribution in [0.4, 0.5) is 21.5 Å². The van der Waals surface area contributed by atoms with Gasteiger partial charge in [-0.05, 0) is 68.8 Å². The molecule has 2 aliphatic heterocycles. The molecule has 5 aromatic rings. The fourth-order valence-corrected chi connectivity index (χ4v) is 6.38. The summed E-state index contributed by atoms with van der Waals surface area (Å²) in [6, 6.07) is 16.1. The molecule has 46 heavy (non-hydrogen) atoms. The highest BCUT2D eigenvalue weighted by molar-refractivity contribution is 6.30. The molecule has 0 aliphatic carbocycles. The number of rotatable bonds is 11. The minimum absolute atomic E-state index is 0.0784. The quantitative estimate of drug-likeness (QED) is 0.184. The number of halogens is 2. The van der Waals surface area contributed by atoms with Crippen molar-refractivity contribution in [1.82, 2.24) is 19.4 Å². The van der Waals surface area contributed by atoms with Crippen LogP contribution in [0.3, 0.4) is 0 Å². The number of imidazole rings is 1. The molecule has 0 bridgehead atoms. The monoisotopic (exact) mass is 644 g/mol. The Morgan fingerprint density at radius 3 is 2.57 bits per heavy atom. The number of benzene rings is 2. The summed E-state index contributed by atoms with van der Waals surface area (Å²) in [5.74, 6) is 1.34. The van der Waals surface area contributed by atoms with E-state index in [9.17, 15) is 14.0 Å². The molecule has 0 spiro atoms. The van der Waals surface area contributed by atoms with Gasteiger partial charge in [-0.25, -0.2) is 14.4 Å². The molecule has 12 heteroatoms. The molecule has 238 valence electrons. The molecule has 0 unspecified atom stereocenters. The van der Waals surface area contributed by atoms with E-state index in [4.69, 9.17) is 31.0 Å². The SMILES string of the molecule is CNc1c(Nc2ccc3c(c2)nc(CN2CCC(c4cccc(OCc5ccc(Cl)cc5F)n4)CC2)n3C[C@@H]2CCO2)c(=O)c1=O. The average molecular weight is 645 g/mol. The van der Waals surface area contributed by atoms with Gasteiger partial charge >= 0.3 is 0 Å². The number of pyridine rings is 1. The predicted octanol–water partition coefficient (Wildman–Crippen LogP) is 5.35. The molecule has 4 heterocycles. The lowest BCUT2D eigenvalue weighted by Crippen LogP contribution is -2.35. The van der Waals surface area contributed by atoms with E-state index >= 15 is 0 Å². The van der Waals surface area contributed by atoms with Crippen LogP contribution in [0.1, 0.15) is 42.3 Å². The maximum Gasteiger partial charge on any atom is 0.253 e. The van der Waals surface area contributed by atoms with Crippen molar-refractivity contribution >= 4 is 39.7 Å². The van der Waals surface area contributed by atoms with Crippen molar-refractivity contribution < 1.29 is 13.9 Å². The maximum absolute atomic E-state index is 14.2. The summed E-state index contributed by atoms with van der Waals surface area (Å²) in [7, 11) is 1.62. The second-order valence-corrected chi connectivity index (χ2v) is 12.3. The first kappa shape index (κ1) is 30.3. The second-order valence-electron chi connectivity index (χ2n) is 11.9. The van der Waals surface area contributed by atoms with Crippen LogP contribution in [0.5, 0.6) is 5.88 Å². The summed E-state index contributed by atoms with van der Waals surface area (Å²) in [6.07, 6.45) is 3.07. The summed E-state index contributed by atoms with van der Waals surface area (Å²) in [5, 5.41) is 6.24. The van der Waals surface area contributed by atoms with E-state index in [1.165, 1.54) is 6.07 Å². The number of ether oxygens (including phenoxy) is 2. The van der Waals surface area contributed by atoms with E-state index in [2.05, 4.69) is 20.1 Å². The van der Waals surface area contributed by atoms with Crippen molar-refractivity contribution in [3.63, 3.8) is 0 Å². The molecular formula is C34H34ClFN6O4. The standard InChI is InChI=1S/C34H34ClFN6O4/c1-37-31-32(34(44)33(31)43)38-23-7-8-28-27(16-23)39-29(42(28)17-24-11-14-45-24)18-41-12-9-20(10-13-41)26-3-2-4-30(40-26)46-19-21-5-6-22(35)15-25(21)36/h2-8,15-16,20,24,37-38H,9-14,17-19H2,1H3/t24-/m0/s1. The van der Waals surface area contributed by atoms with Gasteiger partial charge in [-0.2, -0.15) is 0 Å². The largest absolute Gasteiger partial charge is 0.473 e. The van der Waals surface area contributed by atoms with Crippen molar-refractivity contribution in [2.24, 2.45) is 0 Å². The summed E-state index contributed by atoms with van der Waals surface area (Å²) in [6.45, 7) is 4.06. The molecule has 0 amide bonds. The number of piperidine rings is 1. The van der Waals surface area contributed by atoms with Crippen LogP contribution in [0.15, 0.2) is 64.2 Å². The van der Waals surface area contributed by atoms with Crippen LogP contribution in [-0.2, 0) is 24.4 Å². The van der Waals surface area contributed by atoms with Gasteiger partial charge in [0.15, 0.2) is 0 Å². The van der Waals surface area contributed by atoms with Gasteiger partial charge in [0.1, 0.15) is 29.6 Å². The van der Waals surface area contributed by atoms with Crippen molar-refractivity contribution in [1.29, 1.82) is 0 Å². The summed E-state index contributed by atoms with van der Waals surface area (Å²) < 4.78 is 28.0. The van der Waals surface area contributed by atoms with Gasteiger partial charge in [-0.3, -0.25) is 14.5 Å². The van der Waals surface area contributed by atoms with Crippen molar-refractivity contribution in [3.05, 3.63) is 103 Å². The molecule has 2 saturated heterocycles. The molecule has 2 aliphatic rings. The highest BCUT2D eigenvalue weighted by Gasteiger charge is 2.26. The Balaban J connectivity index is 1.02. The fourth-order valence-electron chi connectivity index (χ4n) is 6.22. The van der Waals surface area contributed by atoms with Crippen LogP contribution in [0, 0.1) is 5.82 Å². The van der Waals surface area contributed by atoms with Crippen molar-refractivity contribution in [3.8, 4) is 5.88 Å². The second kappa shape index (κ2) is 12.8. The van der Waals surface area contributed by atoms with Gasteiger partial charge in [0.2, 0.25) is 5.88 Å². The third-order valence-electron chi connectivity index (χ3n) is 8.94. The summed E-state index contributed by atoms with van der Waals surface area (Å²) >= 11 is 5.86. The van der Waals surface area contributed by atoms with Gasteiger partial charge < -0.3 is 24.7 Å². The smallest absolute Gasteiger partial charge is 0.253 e. The first-order chi connectivity index (χ1) is 22.4. The lowest BCUT2D eigenvalue weighted by atomic mass is 9.93. The molecule has 0 radical (unpaired) electrons. The van der Waals surface area contributed by atoms with Gasteiger partial charge in [0.25, 0.3) is 10.9 Å². The number of nitrogens with one attached hydrogen (secondary N) is 2. The van der Waals surface area contributed by atoms with Crippen LogP contribution in [0.2, 0.25) is 5.02 Å². The third-order valence-corrected chi connectivity index (χ3v) is 9.18. The lowest BCUT2D eigenvalue weighted by molar-refractivity contribution is -0.0592. The minimum atomic E-state index is -0.524. The van der Waals surface area contributed by atoms with E-state index in [-0.39, 0.29) is 18.4 Å². The zero-order valence-electron chi connectivity index (χ0n) is 25.4. The number of fused-ring (bicyclic) bond motifs is 1. The highest BCUT2D eigenvalue weighted by atomic mass is 35.5. The third kappa shape index (κ3) is 6.10. The van der Waals surface area contributed by atoms with Gasteiger partial charge in [0, 0.05) is 47.6 Å². The zero-order chi connectivity index (χ0) is 31.8. The first-order valence-corrected chi connectivity index (χ1v) is 15.9. The molecule has 0 saturated carbocycles. The van der Waals surface area contributed by atoms with Crippen LogP contribution >= 0.6 is 11.6 Å². The van der Waals surface area contributed by atoms with Gasteiger partial charge in [-0.15, -0.1) is 0 Å². The topological polar surface area (TPSA) is 111 Å². The number of hydrogen-bond donors (Lipinski definition) is 2. The molecule has 2 fully saturated rings. The van der Waals surface area contributed by atoms with E-state index < -0.39 is 16.7 Å². The zero-order valence-corrected chi connectivity index (χ0v) is 26.1. The fraction of sp³-hybridized carbons (Fsp3) is 0.353. The number of aromatic nitrogens is 3. The Labute approximate surface area is 269 Å². The van der Waals surface area contributed by atoms with Crippen molar-refractivity contribution in [2.45, 2.75) is 51.0 Å². The van der Waals surface area contributed by atoms with E-state index in [1.807, 2.05) is 30.3 Å². The average Bonchev–Trinajstić information content (AvgIpc) is 3.38. The molecular weight excluding hydrogens is 611 g/mol. The predicted molar refractivity (Wildman–Crippen MR) is 176 cm³/mol. The summed E-state index contributed by atoms with van der Waals surface area (Å²) in [5.41, 5.74) is 3.47. The first-order valence-electron chi connectivity index (χ1n) is 15.5. The van der Waals surface area contributed by atoms with E-state index in [0.717, 1.165) is 68.1 Å². The molecule has 10 nitrogen and oxygen atoms in total. The molecule has 7 rings (SSSR count). The highest BCUT2D eigenvalue weighted by Crippen LogP contribution is 2.31. The van der Waals surface area contributed by atoms with E-state index in [1.54, 1.807) is 25.2 Å². The normalized spacial score (nSPS) is 17.3. The number of hydrogen-bond acceptors (Lipinski definition) is 9. The summed E-state index contributed by atoms with van der Waals surface area (Å²) in [4.78, 5) is 36.1. The van der Waals surface area contributed by atoms with E-state index in [0.29, 0.717) is 40.3 Å². The van der Waals surface area contributed by atoms with Crippen molar-refractivity contribution in [2.75, 3.05) is 37.4 Å². The van der Waals surface area contributed by atoms with Crippen LogP contribution < -0.4 is 26.2 Å². The maximum atomic E-state index is 14.2. The van der Waals surface area contributed by atoms with Crippen LogP contribution in [-0.4, -0.2) is 52.3 Å². The van der Waals surface area contributed by atoms with Gasteiger partial charge in [-0.1, -0.05) is 23.7 Å². The Morgan fingerprint density at radius 1 is 1.02 bits per heavy atom. The Hall–Kier alpha value is -4.32. The molecule has 2 aromatic heterocycles. The molecule has 2 N–H and O–H groups in total. The Bertz CT molecular complexity index is 1960. The van der Waals surface area contributed by atoms with Crippen LogP contribution in [0.25, 0.3) is 11.0 Å². The Kier molecular flexibility index (Phi) is 8.46. The number of likely N-dealkylation sites (tertiary alicyclic amines) is 1. The number of anilines is 3. The van der Waals surface area contributed by atoms with Gasteiger partial charge in [0.05, 0.1) is 30.2 Å². The minimum Gasteiger partial charge on any atom is -0.473 e.